The molecule has 1 atom stereocenters. The van der Waals surface area contributed by atoms with Crippen LogP contribution in [-0.4, -0.2) is 25.2 Å². The van der Waals surface area contributed by atoms with E-state index in [0.29, 0.717) is 0 Å². The van der Waals surface area contributed by atoms with Crippen molar-refractivity contribution in [3.8, 4) is 0 Å². The van der Waals surface area contributed by atoms with Gasteiger partial charge in [-0.1, -0.05) is 72.8 Å². The zero-order valence-corrected chi connectivity index (χ0v) is 18.2. The van der Waals surface area contributed by atoms with Crippen molar-refractivity contribution in [2.75, 3.05) is 18.0 Å². The third-order valence-electron chi connectivity index (χ3n) is 6.27. The number of nitrogens with zero attached hydrogens (tertiary/aromatic N) is 2. The Morgan fingerprint density at radius 3 is 2.00 bits per heavy atom. The summed E-state index contributed by atoms with van der Waals surface area (Å²) in [5.41, 5.74) is 7.01. The van der Waals surface area contributed by atoms with Crippen molar-refractivity contribution in [2.45, 2.75) is 25.7 Å². The first-order valence-corrected chi connectivity index (χ1v) is 11.0. The van der Waals surface area contributed by atoms with Crippen molar-refractivity contribution < 1.29 is 4.79 Å². The highest BCUT2D eigenvalue weighted by Gasteiger charge is 2.60. The second-order valence-corrected chi connectivity index (χ2v) is 7.96. The monoisotopic (exact) mass is 411 g/mol. The fourth-order valence-electron chi connectivity index (χ4n) is 4.46. The van der Waals surface area contributed by atoms with Gasteiger partial charge in [-0.25, -0.2) is 5.43 Å². The van der Waals surface area contributed by atoms with Crippen LogP contribution in [0.1, 0.15) is 37.0 Å². The van der Waals surface area contributed by atoms with Crippen molar-refractivity contribution in [2.24, 2.45) is 11.0 Å². The van der Waals surface area contributed by atoms with Crippen LogP contribution in [0.5, 0.6) is 0 Å². The highest BCUT2D eigenvalue weighted by Crippen LogP contribution is 2.58. The van der Waals surface area contributed by atoms with Crippen LogP contribution in [0.15, 0.2) is 90.0 Å². The standard InChI is InChI=1S/C27H29N3O/c1-3-30(4-2)24-17-15-21(16-18-24)20-28-29-26(31)25-19-27(25,22-11-7-5-8-12-22)23-13-9-6-10-14-23/h5-18,20,25H,3-4,19H2,1-2H3,(H,29,31). The first-order chi connectivity index (χ1) is 15.2. The molecule has 0 spiro atoms. The summed E-state index contributed by atoms with van der Waals surface area (Å²) in [6, 6.07) is 28.8. The summed E-state index contributed by atoms with van der Waals surface area (Å²) in [5.74, 6) is -0.164. The number of amides is 1. The van der Waals surface area contributed by atoms with E-state index < -0.39 is 0 Å². The third kappa shape index (κ3) is 4.24. The zero-order chi connectivity index (χ0) is 21.7. The van der Waals surface area contributed by atoms with Gasteiger partial charge >= 0.3 is 0 Å². The lowest BCUT2D eigenvalue weighted by molar-refractivity contribution is -0.122. The number of rotatable bonds is 8. The minimum absolute atomic E-state index is 0.0382. The molecule has 1 aliphatic rings. The predicted octanol–water partition coefficient (Wildman–Crippen LogP) is 4.99. The van der Waals surface area contributed by atoms with Gasteiger partial charge in [-0.3, -0.25) is 4.79 Å². The van der Waals surface area contributed by atoms with Gasteiger partial charge in [0.1, 0.15) is 0 Å². The topological polar surface area (TPSA) is 44.7 Å². The Morgan fingerprint density at radius 2 is 1.48 bits per heavy atom. The highest BCUT2D eigenvalue weighted by molar-refractivity contribution is 5.87. The largest absolute Gasteiger partial charge is 0.372 e. The molecular weight excluding hydrogens is 382 g/mol. The number of hydrogen-bond donors (Lipinski definition) is 1. The first-order valence-electron chi connectivity index (χ1n) is 11.0. The lowest BCUT2D eigenvalue weighted by Gasteiger charge is -2.20. The summed E-state index contributed by atoms with van der Waals surface area (Å²) < 4.78 is 0. The molecule has 0 aliphatic heterocycles. The number of carbonyl (C=O) groups is 1. The van der Waals surface area contributed by atoms with Gasteiger partial charge in [-0.05, 0) is 49.1 Å². The normalized spacial score (nSPS) is 16.8. The summed E-state index contributed by atoms with van der Waals surface area (Å²) in [6.07, 6.45) is 2.50. The van der Waals surface area contributed by atoms with Gasteiger partial charge in [0.15, 0.2) is 0 Å². The van der Waals surface area contributed by atoms with Gasteiger partial charge in [-0.2, -0.15) is 5.10 Å². The molecule has 1 saturated carbocycles. The number of anilines is 1. The van der Waals surface area contributed by atoms with E-state index in [1.165, 1.54) is 16.8 Å². The number of carbonyl (C=O) groups excluding carboxylic acids is 1. The van der Waals surface area contributed by atoms with Crippen molar-refractivity contribution in [3.63, 3.8) is 0 Å². The number of hydrogen-bond acceptors (Lipinski definition) is 3. The van der Waals surface area contributed by atoms with E-state index in [1.807, 2.05) is 48.5 Å². The molecular formula is C27H29N3O. The second kappa shape index (κ2) is 9.17. The quantitative estimate of drug-likeness (QED) is 0.419. The molecule has 0 aromatic heterocycles. The van der Waals surface area contributed by atoms with Crippen LogP contribution >= 0.6 is 0 Å². The Kier molecular flexibility index (Phi) is 6.17. The molecule has 4 nitrogen and oxygen atoms in total. The van der Waals surface area contributed by atoms with Gasteiger partial charge in [-0.15, -0.1) is 0 Å². The van der Waals surface area contributed by atoms with Gasteiger partial charge in [0.05, 0.1) is 12.1 Å². The Hall–Kier alpha value is -3.40. The molecule has 158 valence electrons. The molecule has 0 saturated heterocycles. The van der Waals surface area contributed by atoms with Crippen LogP contribution in [0.4, 0.5) is 5.69 Å². The lowest BCUT2D eigenvalue weighted by atomic mass is 9.85. The summed E-state index contributed by atoms with van der Waals surface area (Å²) in [5, 5.41) is 4.23. The van der Waals surface area contributed by atoms with Gasteiger partial charge < -0.3 is 4.90 Å². The van der Waals surface area contributed by atoms with E-state index in [0.717, 1.165) is 25.1 Å². The predicted molar refractivity (Wildman–Crippen MR) is 128 cm³/mol. The Bertz CT molecular complexity index is 986. The molecule has 1 aliphatic carbocycles. The molecule has 1 fully saturated rings. The van der Waals surface area contributed by atoms with Crippen LogP contribution in [0.3, 0.4) is 0 Å². The van der Waals surface area contributed by atoms with Gasteiger partial charge in [0.25, 0.3) is 0 Å². The molecule has 4 rings (SSSR count). The molecule has 1 N–H and O–H groups in total. The fourth-order valence-corrected chi connectivity index (χ4v) is 4.46. The van der Waals surface area contributed by atoms with Crippen molar-refractivity contribution in [1.82, 2.24) is 5.43 Å². The van der Waals surface area contributed by atoms with E-state index in [9.17, 15) is 4.79 Å². The summed E-state index contributed by atoms with van der Waals surface area (Å²) in [6.45, 7) is 6.26. The molecule has 0 heterocycles. The van der Waals surface area contributed by atoms with Crippen molar-refractivity contribution in [3.05, 3.63) is 102 Å². The van der Waals surface area contributed by atoms with Crippen LogP contribution in [0.25, 0.3) is 0 Å². The van der Waals surface area contributed by atoms with Crippen LogP contribution in [0, 0.1) is 5.92 Å². The maximum Gasteiger partial charge on any atom is 0.244 e. The molecule has 4 heteroatoms. The van der Waals surface area contributed by atoms with E-state index >= 15 is 0 Å². The van der Waals surface area contributed by atoms with Crippen LogP contribution < -0.4 is 10.3 Å². The molecule has 0 radical (unpaired) electrons. The van der Waals surface area contributed by atoms with E-state index in [2.05, 4.69) is 65.7 Å². The molecule has 3 aromatic carbocycles. The molecule has 0 bridgehead atoms. The van der Waals surface area contributed by atoms with Crippen molar-refractivity contribution in [1.29, 1.82) is 0 Å². The lowest BCUT2D eigenvalue weighted by Crippen LogP contribution is -2.25. The first kappa shape index (κ1) is 20.9. The Balaban J connectivity index is 1.45. The summed E-state index contributed by atoms with van der Waals surface area (Å²) in [4.78, 5) is 15.2. The highest BCUT2D eigenvalue weighted by atomic mass is 16.2. The fraction of sp³-hybridized carbons (Fsp3) is 0.259. The van der Waals surface area contributed by atoms with E-state index in [4.69, 9.17) is 0 Å². The molecule has 1 unspecified atom stereocenters. The maximum absolute atomic E-state index is 12.9. The third-order valence-corrected chi connectivity index (χ3v) is 6.27. The minimum atomic E-state index is -0.270. The summed E-state index contributed by atoms with van der Waals surface area (Å²) >= 11 is 0. The average Bonchev–Trinajstić information content (AvgIpc) is 3.59. The molecule has 1 amide bonds. The average molecular weight is 412 g/mol. The Labute approximate surface area is 184 Å². The molecule has 3 aromatic rings. The minimum Gasteiger partial charge on any atom is -0.372 e. The number of benzene rings is 3. The Morgan fingerprint density at radius 1 is 0.935 bits per heavy atom. The maximum atomic E-state index is 12.9. The number of hydrazone groups is 1. The molecule has 31 heavy (non-hydrogen) atoms. The van der Waals surface area contributed by atoms with Gasteiger partial charge in [0.2, 0.25) is 5.91 Å². The smallest absolute Gasteiger partial charge is 0.244 e. The number of nitrogens with one attached hydrogen (secondary N) is 1. The van der Waals surface area contributed by atoms with Gasteiger partial charge in [0, 0.05) is 24.2 Å². The van der Waals surface area contributed by atoms with E-state index in [1.54, 1.807) is 6.21 Å². The summed E-state index contributed by atoms with van der Waals surface area (Å²) in [7, 11) is 0. The second-order valence-electron chi connectivity index (χ2n) is 7.96. The SMILES string of the molecule is CCN(CC)c1ccc(C=NNC(=O)C2CC2(c2ccccc2)c2ccccc2)cc1. The zero-order valence-electron chi connectivity index (χ0n) is 18.2. The van der Waals surface area contributed by atoms with E-state index in [-0.39, 0.29) is 17.2 Å². The van der Waals surface area contributed by atoms with Crippen molar-refractivity contribution >= 4 is 17.8 Å². The van der Waals surface area contributed by atoms with Crippen LogP contribution in [0.2, 0.25) is 0 Å². The van der Waals surface area contributed by atoms with Crippen LogP contribution in [-0.2, 0) is 10.2 Å².